The van der Waals surface area contributed by atoms with Gasteiger partial charge in [0.2, 0.25) is 0 Å². The molecule has 0 aliphatic rings. The van der Waals surface area contributed by atoms with Gasteiger partial charge in [-0.15, -0.1) is 0 Å². The number of methoxy groups -OCH3 is 1. The number of hydrogen-bond donors (Lipinski definition) is 2. The van der Waals surface area contributed by atoms with Crippen molar-refractivity contribution in [2.75, 3.05) is 37.2 Å². The zero-order chi connectivity index (χ0) is 15.4. The number of amides is 1. The van der Waals surface area contributed by atoms with Crippen LogP contribution in [-0.2, 0) is 0 Å². The van der Waals surface area contributed by atoms with Crippen LogP contribution in [0.2, 0.25) is 0 Å². The van der Waals surface area contributed by atoms with Crippen LogP contribution in [0.25, 0.3) is 0 Å². The number of para-hydroxylation sites is 2. The summed E-state index contributed by atoms with van der Waals surface area (Å²) >= 11 is 0. The maximum Gasteiger partial charge on any atom is 0.255 e. The first-order chi connectivity index (χ1) is 10.0. The van der Waals surface area contributed by atoms with Gasteiger partial charge in [0.25, 0.3) is 5.91 Å². The minimum atomic E-state index is -0.225. The third-order valence-electron chi connectivity index (χ3n) is 3.13. The second-order valence-corrected chi connectivity index (χ2v) is 4.82. The Morgan fingerprint density at radius 2 is 1.90 bits per heavy atom. The number of anilines is 3. The zero-order valence-electron chi connectivity index (χ0n) is 12.4. The van der Waals surface area contributed by atoms with Crippen molar-refractivity contribution in [2.24, 2.45) is 0 Å². The van der Waals surface area contributed by atoms with Crippen molar-refractivity contribution in [1.82, 2.24) is 0 Å². The molecule has 0 unspecified atom stereocenters. The van der Waals surface area contributed by atoms with Crippen molar-refractivity contribution in [3.8, 4) is 5.75 Å². The predicted molar refractivity (Wildman–Crippen MR) is 86.1 cm³/mol. The van der Waals surface area contributed by atoms with E-state index in [9.17, 15) is 4.79 Å². The van der Waals surface area contributed by atoms with Gasteiger partial charge >= 0.3 is 0 Å². The molecule has 2 aromatic rings. The third kappa shape index (κ3) is 3.25. The number of nitrogens with two attached hydrogens (primary N) is 1. The first-order valence-electron chi connectivity index (χ1n) is 6.54. The van der Waals surface area contributed by atoms with E-state index in [0.717, 1.165) is 5.69 Å². The van der Waals surface area contributed by atoms with Gasteiger partial charge in [-0.1, -0.05) is 12.1 Å². The van der Waals surface area contributed by atoms with Gasteiger partial charge in [-0.3, -0.25) is 4.79 Å². The molecule has 0 spiro atoms. The Morgan fingerprint density at radius 1 is 1.19 bits per heavy atom. The highest BCUT2D eigenvalue weighted by molar-refractivity contribution is 6.06. The predicted octanol–water partition coefficient (Wildman–Crippen LogP) is 2.60. The number of nitrogen functional groups attached to an aromatic ring is 1. The second-order valence-electron chi connectivity index (χ2n) is 4.82. The number of ether oxygens (including phenoxy) is 1. The van der Waals surface area contributed by atoms with E-state index in [1.807, 2.05) is 37.2 Å². The number of rotatable bonds is 4. The summed E-state index contributed by atoms with van der Waals surface area (Å²) in [5.74, 6) is 0.389. The fourth-order valence-electron chi connectivity index (χ4n) is 2.05. The van der Waals surface area contributed by atoms with Crippen LogP contribution >= 0.6 is 0 Å². The number of carbonyl (C=O) groups excluding carboxylic acids is 1. The average molecular weight is 285 g/mol. The topological polar surface area (TPSA) is 67.6 Å². The van der Waals surface area contributed by atoms with Gasteiger partial charge in [0.05, 0.1) is 24.2 Å². The summed E-state index contributed by atoms with van der Waals surface area (Å²) in [7, 11) is 5.37. The lowest BCUT2D eigenvalue weighted by Gasteiger charge is -2.16. The van der Waals surface area contributed by atoms with Crippen LogP contribution in [0.15, 0.2) is 42.5 Å². The monoisotopic (exact) mass is 285 g/mol. The van der Waals surface area contributed by atoms with Gasteiger partial charge in [-0.25, -0.2) is 0 Å². The number of benzene rings is 2. The van der Waals surface area contributed by atoms with Crippen LogP contribution in [0.1, 0.15) is 10.4 Å². The number of carbonyl (C=O) groups is 1. The van der Waals surface area contributed by atoms with Gasteiger partial charge in [-0.2, -0.15) is 0 Å². The molecule has 5 heteroatoms. The third-order valence-corrected chi connectivity index (χ3v) is 3.13. The van der Waals surface area contributed by atoms with Crippen molar-refractivity contribution in [3.05, 3.63) is 48.0 Å². The van der Waals surface area contributed by atoms with Crippen LogP contribution in [-0.4, -0.2) is 27.1 Å². The molecule has 0 saturated heterocycles. The number of nitrogens with one attached hydrogen (secondary N) is 1. The molecule has 0 heterocycles. The van der Waals surface area contributed by atoms with Crippen molar-refractivity contribution < 1.29 is 9.53 Å². The molecular formula is C16H19N3O2. The molecule has 2 aromatic carbocycles. The average Bonchev–Trinajstić information content (AvgIpc) is 2.47. The Kier molecular flexibility index (Phi) is 4.33. The quantitative estimate of drug-likeness (QED) is 0.847. The molecule has 110 valence electrons. The van der Waals surface area contributed by atoms with Gasteiger partial charge in [0, 0.05) is 19.7 Å². The number of hydrogen-bond acceptors (Lipinski definition) is 4. The van der Waals surface area contributed by atoms with E-state index in [2.05, 4.69) is 5.32 Å². The Morgan fingerprint density at radius 3 is 2.52 bits per heavy atom. The summed E-state index contributed by atoms with van der Waals surface area (Å²) in [5.41, 5.74) is 8.53. The van der Waals surface area contributed by atoms with Gasteiger partial charge in [-0.05, 0) is 30.3 Å². The van der Waals surface area contributed by atoms with Gasteiger partial charge in [0.15, 0.2) is 0 Å². The van der Waals surface area contributed by atoms with E-state index < -0.39 is 0 Å². The van der Waals surface area contributed by atoms with Crippen molar-refractivity contribution >= 4 is 23.0 Å². The highest BCUT2D eigenvalue weighted by Gasteiger charge is 2.11. The number of nitrogens with zero attached hydrogens (tertiary/aromatic N) is 1. The Balaban J connectivity index is 2.23. The lowest BCUT2D eigenvalue weighted by molar-refractivity contribution is 0.102. The summed E-state index contributed by atoms with van der Waals surface area (Å²) in [6.45, 7) is 0. The van der Waals surface area contributed by atoms with E-state index >= 15 is 0 Å². The zero-order valence-corrected chi connectivity index (χ0v) is 12.4. The normalized spacial score (nSPS) is 10.0. The van der Waals surface area contributed by atoms with E-state index in [-0.39, 0.29) is 5.91 Å². The minimum absolute atomic E-state index is 0.225. The van der Waals surface area contributed by atoms with Crippen LogP contribution in [0, 0.1) is 0 Å². The van der Waals surface area contributed by atoms with E-state index in [4.69, 9.17) is 10.5 Å². The largest absolute Gasteiger partial charge is 0.495 e. The summed E-state index contributed by atoms with van der Waals surface area (Å²) in [6.07, 6.45) is 0. The Labute approximate surface area is 124 Å². The lowest BCUT2D eigenvalue weighted by Crippen LogP contribution is -2.15. The van der Waals surface area contributed by atoms with Crippen LogP contribution in [0.3, 0.4) is 0 Å². The summed E-state index contributed by atoms with van der Waals surface area (Å²) in [6, 6.07) is 12.5. The Hall–Kier alpha value is -2.69. The highest BCUT2D eigenvalue weighted by atomic mass is 16.5. The standard InChI is InChI=1S/C16H19N3O2/c1-19(2)14-9-8-11(10-12(14)17)16(20)18-13-6-4-5-7-15(13)21-3/h4-10H,17H2,1-3H3,(H,18,20). The molecular weight excluding hydrogens is 266 g/mol. The van der Waals surface area contributed by atoms with Crippen molar-refractivity contribution in [3.63, 3.8) is 0 Å². The fraction of sp³-hybridized carbons (Fsp3) is 0.188. The van der Waals surface area contributed by atoms with Crippen molar-refractivity contribution in [1.29, 1.82) is 0 Å². The molecule has 2 rings (SSSR count). The molecule has 0 aromatic heterocycles. The highest BCUT2D eigenvalue weighted by Crippen LogP contribution is 2.26. The van der Waals surface area contributed by atoms with E-state index in [0.29, 0.717) is 22.7 Å². The molecule has 0 atom stereocenters. The maximum absolute atomic E-state index is 12.3. The fourth-order valence-corrected chi connectivity index (χ4v) is 2.05. The first kappa shape index (κ1) is 14.7. The second kappa shape index (κ2) is 6.17. The SMILES string of the molecule is COc1ccccc1NC(=O)c1ccc(N(C)C)c(N)c1. The van der Waals surface area contributed by atoms with Crippen LogP contribution in [0.4, 0.5) is 17.1 Å². The van der Waals surface area contributed by atoms with E-state index in [1.165, 1.54) is 0 Å². The molecule has 5 nitrogen and oxygen atoms in total. The molecule has 21 heavy (non-hydrogen) atoms. The first-order valence-corrected chi connectivity index (χ1v) is 6.54. The molecule has 0 fully saturated rings. The molecule has 0 radical (unpaired) electrons. The summed E-state index contributed by atoms with van der Waals surface area (Å²) in [5, 5.41) is 2.82. The molecule has 0 saturated carbocycles. The van der Waals surface area contributed by atoms with Gasteiger partial charge < -0.3 is 20.7 Å². The van der Waals surface area contributed by atoms with Crippen LogP contribution in [0.5, 0.6) is 5.75 Å². The smallest absolute Gasteiger partial charge is 0.255 e. The molecule has 3 N–H and O–H groups in total. The Bertz CT molecular complexity index is 654. The van der Waals surface area contributed by atoms with E-state index in [1.54, 1.807) is 31.4 Å². The maximum atomic E-state index is 12.3. The summed E-state index contributed by atoms with van der Waals surface area (Å²) < 4.78 is 5.21. The molecule has 0 aliphatic heterocycles. The molecule has 1 amide bonds. The van der Waals surface area contributed by atoms with Gasteiger partial charge in [0.1, 0.15) is 5.75 Å². The molecule has 0 bridgehead atoms. The van der Waals surface area contributed by atoms with Crippen molar-refractivity contribution in [2.45, 2.75) is 0 Å². The van der Waals surface area contributed by atoms with Crippen LogP contribution < -0.4 is 20.7 Å². The minimum Gasteiger partial charge on any atom is -0.495 e. The lowest BCUT2D eigenvalue weighted by atomic mass is 10.1. The summed E-state index contributed by atoms with van der Waals surface area (Å²) in [4.78, 5) is 14.2. The molecule has 0 aliphatic carbocycles.